The van der Waals surface area contributed by atoms with Gasteiger partial charge in [-0.05, 0) is 79.8 Å². The molecule has 3 heteroatoms. The van der Waals surface area contributed by atoms with Crippen molar-refractivity contribution in [2.24, 2.45) is 17.8 Å². The molecular formula is C19H21F2N. The van der Waals surface area contributed by atoms with Gasteiger partial charge in [-0.2, -0.15) is 5.26 Å². The third-order valence-electron chi connectivity index (χ3n) is 4.86. The molecule has 0 spiro atoms. The maximum Gasteiger partial charge on any atom is 0.144 e. The number of allylic oxidation sites excluding steroid dienone is 1. The molecule has 2 saturated carbocycles. The molecular weight excluding hydrogens is 280 g/mol. The minimum atomic E-state index is -1.70. The van der Waals surface area contributed by atoms with Crippen LogP contribution in [0.15, 0.2) is 24.8 Å². The molecule has 2 fully saturated rings. The molecule has 3 rings (SSSR count). The Morgan fingerprint density at radius 1 is 1.23 bits per heavy atom. The fourth-order valence-corrected chi connectivity index (χ4v) is 3.67. The maximum absolute atomic E-state index is 13.9. The minimum absolute atomic E-state index is 0.167. The summed E-state index contributed by atoms with van der Waals surface area (Å²) in [5, 5.41) is 8.80. The van der Waals surface area contributed by atoms with Gasteiger partial charge in [-0.15, -0.1) is 6.58 Å². The van der Waals surface area contributed by atoms with Crippen LogP contribution in [0, 0.1) is 40.7 Å². The maximum atomic E-state index is 13.9. The van der Waals surface area contributed by atoms with Crippen LogP contribution in [0.5, 0.6) is 0 Å². The van der Waals surface area contributed by atoms with Gasteiger partial charge in [-0.25, -0.2) is 8.78 Å². The molecule has 116 valence electrons. The summed E-state index contributed by atoms with van der Waals surface area (Å²) in [6, 6.07) is 3.88. The van der Waals surface area contributed by atoms with Gasteiger partial charge in [0.05, 0.1) is 0 Å². The Balaban J connectivity index is 1.89. The zero-order valence-corrected chi connectivity index (χ0v) is 12.3. The van der Waals surface area contributed by atoms with Gasteiger partial charge in [0.25, 0.3) is 0 Å². The summed E-state index contributed by atoms with van der Waals surface area (Å²) < 4.78 is 61.3. The number of nitrogens with zero attached hydrogens (tertiary/aromatic N) is 1. The molecule has 1 aromatic carbocycles. The summed E-state index contributed by atoms with van der Waals surface area (Å²) >= 11 is 0. The predicted octanol–water partition coefficient (Wildman–Crippen LogP) is 5.32. The standard InChI is InChI=1S/C19H21F2N/c1-2-12-3-4-14-8-15(6-5-13(14)7-12)16-9-18(20)17(11-22)19(21)10-16/h2,9-10,12-15H,1,3-8H2/i3D2,7D2. The zero-order chi connectivity index (χ0) is 19.3. The molecule has 4 atom stereocenters. The Kier molecular flexibility index (Phi) is 3.08. The van der Waals surface area contributed by atoms with E-state index in [1.54, 1.807) is 0 Å². The van der Waals surface area contributed by atoms with Crippen LogP contribution in [0.2, 0.25) is 0 Å². The van der Waals surface area contributed by atoms with E-state index in [4.69, 9.17) is 10.7 Å². The highest BCUT2D eigenvalue weighted by molar-refractivity contribution is 5.36. The van der Waals surface area contributed by atoms with Crippen molar-refractivity contribution >= 4 is 0 Å². The van der Waals surface area contributed by atoms with Crippen molar-refractivity contribution < 1.29 is 14.3 Å². The van der Waals surface area contributed by atoms with Gasteiger partial charge in [0, 0.05) is 5.48 Å². The van der Waals surface area contributed by atoms with E-state index in [1.807, 2.05) is 0 Å². The lowest BCUT2D eigenvalue weighted by Crippen LogP contribution is -2.30. The number of rotatable bonds is 2. The van der Waals surface area contributed by atoms with E-state index in [-0.39, 0.29) is 24.2 Å². The Labute approximate surface area is 136 Å². The van der Waals surface area contributed by atoms with E-state index in [1.165, 1.54) is 24.3 Å². The first-order valence-electron chi connectivity index (χ1n) is 9.63. The van der Waals surface area contributed by atoms with E-state index in [0.717, 1.165) is 0 Å². The van der Waals surface area contributed by atoms with Gasteiger partial charge in [0.15, 0.2) is 0 Å². The van der Waals surface area contributed by atoms with Gasteiger partial charge in [0.1, 0.15) is 23.3 Å². The molecule has 0 bridgehead atoms. The predicted molar refractivity (Wildman–Crippen MR) is 82.2 cm³/mol. The molecule has 0 amide bonds. The van der Waals surface area contributed by atoms with Gasteiger partial charge in [-0.1, -0.05) is 6.08 Å². The number of benzene rings is 1. The van der Waals surface area contributed by atoms with Crippen LogP contribution in [0.25, 0.3) is 0 Å². The average Bonchev–Trinajstić information content (AvgIpc) is 2.53. The summed E-state index contributed by atoms with van der Waals surface area (Å²) in [5.74, 6) is -3.29. The monoisotopic (exact) mass is 305 g/mol. The van der Waals surface area contributed by atoms with Crippen molar-refractivity contribution in [2.75, 3.05) is 0 Å². The number of hydrogen-bond donors (Lipinski definition) is 0. The van der Waals surface area contributed by atoms with Crippen LogP contribution >= 0.6 is 0 Å². The van der Waals surface area contributed by atoms with Crippen molar-refractivity contribution in [3.63, 3.8) is 0 Å². The van der Waals surface area contributed by atoms with Crippen molar-refractivity contribution in [3.8, 4) is 6.07 Å². The van der Waals surface area contributed by atoms with E-state index < -0.39 is 35.9 Å². The van der Waals surface area contributed by atoms with Crippen LogP contribution in [-0.4, -0.2) is 0 Å². The number of fused-ring (bicyclic) bond motifs is 1. The largest absolute Gasteiger partial charge is 0.205 e. The van der Waals surface area contributed by atoms with Crippen molar-refractivity contribution in [1.82, 2.24) is 0 Å². The summed E-state index contributed by atoms with van der Waals surface area (Å²) in [5.41, 5.74) is -0.133. The summed E-state index contributed by atoms with van der Waals surface area (Å²) in [6.07, 6.45) is -0.197. The van der Waals surface area contributed by atoms with Crippen LogP contribution in [0.3, 0.4) is 0 Å². The Morgan fingerprint density at radius 3 is 2.59 bits per heavy atom. The van der Waals surface area contributed by atoms with E-state index >= 15 is 0 Å². The molecule has 0 saturated heterocycles. The van der Waals surface area contributed by atoms with Gasteiger partial charge >= 0.3 is 0 Å². The highest BCUT2D eigenvalue weighted by Gasteiger charge is 2.35. The first kappa shape index (κ1) is 10.9. The second-order valence-electron chi connectivity index (χ2n) is 6.14. The van der Waals surface area contributed by atoms with Crippen LogP contribution in [0.1, 0.15) is 61.0 Å². The molecule has 22 heavy (non-hydrogen) atoms. The lowest BCUT2D eigenvalue weighted by atomic mass is 9.64. The SMILES string of the molecule is [2H]C1([2H])CC2CC(c3cc(F)c(C#N)c(F)c3)CCC2C([2H])([2H])C1C=C. The summed E-state index contributed by atoms with van der Waals surface area (Å²) in [6.45, 7) is 3.62. The topological polar surface area (TPSA) is 23.8 Å². The molecule has 1 aromatic rings. The van der Waals surface area contributed by atoms with Crippen molar-refractivity contribution in [3.05, 3.63) is 47.5 Å². The highest BCUT2D eigenvalue weighted by atomic mass is 19.1. The van der Waals surface area contributed by atoms with Crippen LogP contribution in [-0.2, 0) is 0 Å². The molecule has 0 aliphatic heterocycles. The fraction of sp³-hybridized carbons (Fsp3) is 0.526. The lowest BCUT2D eigenvalue weighted by Gasteiger charge is -2.41. The van der Waals surface area contributed by atoms with Crippen molar-refractivity contribution in [2.45, 2.75) is 44.3 Å². The number of halogens is 2. The van der Waals surface area contributed by atoms with Crippen LogP contribution < -0.4 is 0 Å². The highest BCUT2D eigenvalue weighted by Crippen LogP contribution is 2.47. The Morgan fingerprint density at radius 2 is 1.95 bits per heavy atom. The first-order chi connectivity index (χ1) is 12.1. The molecule has 0 heterocycles. The summed E-state index contributed by atoms with van der Waals surface area (Å²) in [4.78, 5) is 0. The molecule has 2 aliphatic rings. The minimum Gasteiger partial charge on any atom is -0.205 e. The quantitative estimate of drug-likeness (QED) is 0.678. The number of nitriles is 1. The van der Waals surface area contributed by atoms with E-state index in [9.17, 15) is 8.78 Å². The molecule has 0 aromatic heterocycles. The molecule has 4 unspecified atom stereocenters. The lowest BCUT2D eigenvalue weighted by molar-refractivity contribution is 0.133. The van der Waals surface area contributed by atoms with Gasteiger partial charge in [0.2, 0.25) is 0 Å². The third-order valence-corrected chi connectivity index (χ3v) is 4.86. The first-order valence-corrected chi connectivity index (χ1v) is 7.63. The third kappa shape index (κ3) is 2.79. The normalized spacial score (nSPS) is 38.4. The molecule has 0 N–H and O–H groups in total. The van der Waals surface area contributed by atoms with Gasteiger partial charge in [-0.3, -0.25) is 0 Å². The zero-order valence-electron chi connectivity index (χ0n) is 16.3. The van der Waals surface area contributed by atoms with Crippen molar-refractivity contribution in [1.29, 1.82) is 5.26 Å². The van der Waals surface area contributed by atoms with Gasteiger partial charge < -0.3 is 0 Å². The second-order valence-corrected chi connectivity index (χ2v) is 6.14. The smallest absolute Gasteiger partial charge is 0.144 e. The van der Waals surface area contributed by atoms with E-state index in [0.29, 0.717) is 24.8 Å². The Bertz CT molecular complexity index is 748. The average molecular weight is 305 g/mol. The molecule has 2 aliphatic carbocycles. The molecule has 0 radical (unpaired) electrons. The van der Waals surface area contributed by atoms with E-state index in [2.05, 4.69) is 6.58 Å². The van der Waals surface area contributed by atoms with Crippen LogP contribution in [0.4, 0.5) is 8.78 Å². The Hall–Kier alpha value is -1.69. The molecule has 1 nitrogen and oxygen atoms in total. The second kappa shape index (κ2) is 6.20. The fourth-order valence-electron chi connectivity index (χ4n) is 3.67. The summed E-state index contributed by atoms with van der Waals surface area (Å²) in [7, 11) is 0. The number of hydrogen-bond acceptors (Lipinski definition) is 1.